The highest BCUT2D eigenvalue weighted by atomic mass is 35.5. The van der Waals surface area contributed by atoms with E-state index in [-0.39, 0.29) is 6.61 Å². The minimum absolute atomic E-state index is 0.173. The standard InChI is InChI=1S/C14H12Cl2O/c15-13-6-5-12(9-14(13)16)11-3-1-10(2-4-11)7-8-17/h1-6,9,17H,7-8H2. The fraction of sp³-hybridized carbons (Fsp3) is 0.143. The Hall–Kier alpha value is -1.02. The second kappa shape index (κ2) is 5.54. The van der Waals surface area contributed by atoms with Crippen molar-refractivity contribution in [1.82, 2.24) is 0 Å². The van der Waals surface area contributed by atoms with E-state index in [2.05, 4.69) is 0 Å². The molecule has 0 bridgehead atoms. The third-order valence-corrected chi connectivity index (χ3v) is 3.35. The van der Waals surface area contributed by atoms with Gasteiger partial charge in [-0.05, 0) is 35.2 Å². The predicted molar refractivity (Wildman–Crippen MR) is 72.7 cm³/mol. The number of rotatable bonds is 3. The summed E-state index contributed by atoms with van der Waals surface area (Å²) in [6, 6.07) is 13.6. The van der Waals surface area contributed by atoms with Crippen molar-refractivity contribution in [1.29, 1.82) is 0 Å². The van der Waals surface area contributed by atoms with Crippen LogP contribution in [-0.4, -0.2) is 11.7 Å². The lowest BCUT2D eigenvalue weighted by molar-refractivity contribution is 0.299. The molecule has 1 N–H and O–H groups in total. The molecule has 2 rings (SSSR count). The van der Waals surface area contributed by atoms with Gasteiger partial charge in [0.05, 0.1) is 10.0 Å². The summed E-state index contributed by atoms with van der Waals surface area (Å²) in [6.07, 6.45) is 0.682. The van der Waals surface area contributed by atoms with Gasteiger partial charge in [0.15, 0.2) is 0 Å². The average molecular weight is 267 g/mol. The van der Waals surface area contributed by atoms with E-state index >= 15 is 0 Å². The highest BCUT2D eigenvalue weighted by Crippen LogP contribution is 2.28. The summed E-state index contributed by atoms with van der Waals surface area (Å²) < 4.78 is 0. The fourth-order valence-electron chi connectivity index (χ4n) is 1.67. The van der Waals surface area contributed by atoms with Crippen LogP contribution in [0.25, 0.3) is 11.1 Å². The van der Waals surface area contributed by atoms with Gasteiger partial charge in [0.25, 0.3) is 0 Å². The van der Waals surface area contributed by atoms with Gasteiger partial charge in [-0.25, -0.2) is 0 Å². The first-order valence-corrected chi connectivity index (χ1v) is 6.11. The molecule has 0 aliphatic rings. The molecule has 0 aliphatic carbocycles. The molecule has 88 valence electrons. The average Bonchev–Trinajstić information content (AvgIpc) is 2.34. The molecule has 0 saturated carbocycles. The normalized spacial score (nSPS) is 10.5. The lowest BCUT2D eigenvalue weighted by Crippen LogP contribution is -1.89. The molecule has 0 aromatic heterocycles. The molecule has 0 unspecified atom stereocenters. The predicted octanol–water partition coefficient (Wildman–Crippen LogP) is 4.20. The molecule has 0 fully saturated rings. The lowest BCUT2D eigenvalue weighted by Gasteiger charge is -2.05. The molecule has 0 aliphatic heterocycles. The molecular formula is C14H12Cl2O. The Labute approximate surface area is 111 Å². The van der Waals surface area contributed by atoms with Gasteiger partial charge in [-0.15, -0.1) is 0 Å². The molecule has 3 heteroatoms. The Balaban J connectivity index is 2.30. The van der Waals surface area contributed by atoms with E-state index in [4.69, 9.17) is 28.3 Å². The van der Waals surface area contributed by atoms with Crippen molar-refractivity contribution >= 4 is 23.2 Å². The van der Waals surface area contributed by atoms with Crippen LogP contribution in [0.1, 0.15) is 5.56 Å². The lowest BCUT2D eigenvalue weighted by atomic mass is 10.0. The summed E-state index contributed by atoms with van der Waals surface area (Å²) in [6.45, 7) is 0.173. The Bertz CT molecular complexity index is 506. The third kappa shape index (κ3) is 3.01. The van der Waals surface area contributed by atoms with Crippen LogP contribution in [0.4, 0.5) is 0 Å². The molecule has 2 aromatic carbocycles. The molecule has 1 nitrogen and oxygen atoms in total. The molecule has 0 heterocycles. The van der Waals surface area contributed by atoms with Gasteiger partial charge in [-0.1, -0.05) is 53.5 Å². The number of aliphatic hydroxyl groups excluding tert-OH is 1. The number of halogens is 2. The van der Waals surface area contributed by atoms with E-state index in [0.717, 1.165) is 16.7 Å². The first-order chi connectivity index (χ1) is 8.20. The van der Waals surface area contributed by atoms with Crippen LogP contribution >= 0.6 is 23.2 Å². The van der Waals surface area contributed by atoms with E-state index in [0.29, 0.717) is 16.5 Å². The molecule has 0 amide bonds. The van der Waals surface area contributed by atoms with E-state index in [1.807, 2.05) is 36.4 Å². The van der Waals surface area contributed by atoms with Crippen molar-refractivity contribution < 1.29 is 5.11 Å². The summed E-state index contributed by atoms with van der Waals surface area (Å²) >= 11 is 11.9. The number of aliphatic hydroxyl groups is 1. The molecule has 0 saturated heterocycles. The van der Waals surface area contributed by atoms with Crippen LogP contribution < -0.4 is 0 Å². The van der Waals surface area contributed by atoms with Gasteiger partial charge >= 0.3 is 0 Å². The Morgan fingerprint density at radius 3 is 2.06 bits per heavy atom. The molecule has 0 radical (unpaired) electrons. The monoisotopic (exact) mass is 266 g/mol. The smallest absolute Gasteiger partial charge is 0.0598 e. The maximum atomic E-state index is 8.84. The zero-order chi connectivity index (χ0) is 12.3. The van der Waals surface area contributed by atoms with Crippen LogP contribution in [0.5, 0.6) is 0 Å². The number of hydrogen-bond donors (Lipinski definition) is 1. The zero-order valence-electron chi connectivity index (χ0n) is 9.16. The highest BCUT2D eigenvalue weighted by Gasteiger charge is 2.02. The van der Waals surface area contributed by atoms with Gasteiger partial charge < -0.3 is 5.11 Å². The van der Waals surface area contributed by atoms with Gasteiger partial charge in [0, 0.05) is 6.61 Å². The first kappa shape index (κ1) is 12.4. The van der Waals surface area contributed by atoms with Crippen molar-refractivity contribution in [3.05, 3.63) is 58.1 Å². The second-order valence-electron chi connectivity index (χ2n) is 3.80. The second-order valence-corrected chi connectivity index (χ2v) is 4.61. The van der Waals surface area contributed by atoms with Crippen molar-refractivity contribution in [2.75, 3.05) is 6.61 Å². The third-order valence-electron chi connectivity index (χ3n) is 2.61. The van der Waals surface area contributed by atoms with E-state index < -0.39 is 0 Å². The zero-order valence-corrected chi connectivity index (χ0v) is 10.7. The minimum Gasteiger partial charge on any atom is -0.396 e. The minimum atomic E-state index is 0.173. The quantitative estimate of drug-likeness (QED) is 0.883. The van der Waals surface area contributed by atoms with Crippen molar-refractivity contribution in [3.8, 4) is 11.1 Å². The topological polar surface area (TPSA) is 20.2 Å². The summed E-state index contributed by atoms with van der Waals surface area (Å²) in [7, 11) is 0. The Kier molecular flexibility index (Phi) is 4.06. The Morgan fingerprint density at radius 1 is 0.824 bits per heavy atom. The SMILES string of the molecule is OCCc1ccc(-c2ccc(Cl)c(Cl)c2)cc1. The van der Waals surface area contributed by atoms with Gasteiger partial charge in [0.2, 0.25) is 0 Å². The Morgan fingerprint density at radius 2 is 1.47 bits per heavy atom. The number of benzene rings is 2. The first-order valence-electron chi connectivity index (χ1n) is 5.36. The van der Waals surface area contributed by atoms with Crippen LogP contribution in [0, 0.1) is 0 Å². The van der Waals surface area contributed by atoms with Crippen LogP contribution in [0.15, 0.2) is 42.5 Å². The maximum Gasteiger partial charge on any atom is 0.0598 e. The summed E-state index contributed by atoms with van der Waals surface area (Å²) in [5, 5.41) is 9.96. The van der Waals surface area contributed by atoms with Gasteiger partial charge in [-0.3, -0.25) is 0 Å². The summed E-state index contributed by atoms with van der Waals surface area (Å²) in [5.74, 6) is 0. The fourth-order valence-corrected chi connectivity index (χ4v) is 1.97. The van der Waals surface area contributed by atoms with Gasteiger partial charge in [-0.2, -0.15) is 0 Å². The van der Waals surface area contributed by atoms with Crippen molar-refractivity contribution in [2.24, 2.45) is 0 Å². The molecule has 0 spiro atoms. The highest BCUT2D eigenvalue weighted by molar-refractivity contribution is 6.42. The summed E-state index contributed by atoms with van der Waals surface area (Å²) in [4.78, 5) is 0. The van der Waals surface area contributed by atoms with Crippen LogP contribution in [0.2, 0.25) is 10.0 Å². The van der Waals surface area contributed by atoms with Crippen LogP contribution in [-0.2, 0) is 6.42 Å². The van der Waals surface area contributed by atoms with Crippen molar-refractivity contribution in [2.45, 2.75) is 6.42 Å². The molecule has 17 heavy (non-hydrogen) atoms. The van der Waals surface area contributed by atoms with Crippen LogP contribution in [0.3, 0.4) is 0 Å². The van der Waals surface area contributed by atoms with E-state index in [1.54, 1.807) is 6.07 Å². The van der Waals surface area contributed by atoms with Gasteiger partial charge in [0.1, 0.15) is 0 Å². The summed E-state index contributed by atoms with van der Waals surface area (Å²) in [5.41, 5.74) is 3.25. The largest absolute Gasteiger partial charge is 0.396 e. The van der Waals surface area contributed by atoms with E-state index in [9.17, 15) is 0 Å². The molecule has 2 aromatic rings. The number of hydrogen-bond acceptors (Lipinski definition) is 1. The molecule has 0 atom stereocenters. The van der Waals surface area contributed by atoms with E-state index in [1.165, 1.54) is 0 Å². The molecular weight excluding hydrogens is 255 g/mol. The van der Waals surface area contributed by atoms with Crippen molar-refractivity contribution in [3.63, 3.8) is 0 Å². The maximum absolute atomic E-state index is 8.84.